The molecule has 0 radical (unpaired) electrons. The predicted molar refractivity (Wildman–Crippen MR) is 107 cm³/mol. The molecule has 152 valence electrons. The van der Waals surface area contributed by atoms with E-state index >= 15 is 0 Å². The average molecular weight is 386 g/mol. The molecule has 3 aliphatic heterocycles. The fourth-order valence-corrected chi connectivity index (χ4v) is 5.60. The lowest BCUT2D eigenvalue weighted by Crippen LogP contribution is -2.50. The molecule has 6 heteroatoms. The Hall–Kier alpha value is -1.95. The van der Waals surface area contributed by atoms with E-state index in [0.717, 1.165) is 51.0 Å². The molecule has 4 unspecified atom stereocenters. The van der Waals surface area contributed by atoms with Crippen molar-refractivity contribution < 1.29 is 9.59 Å². The molecule has 0 saturated carbocycles. The van der Waals surface area contributed by atoms with Crippen molar-refractivity contribution in [2.24, 2.45) is 5.92 Å². The van der Waals surface area contributed by atoms with Crippen LogP contribution < -0.4 is 5.56 Å². The number of amides is 1. The third-order valence-electron chi connectivity index (χ3n) is 6.79. The summed E-state index contributed by atoms with van der Waals surface area (Å²) in [7, 11) is 0. The fourth-order valence-electron chi connectivity index (χ4n) is 5.60. The number of likely N-dealkylation sites (tertiary alicyclic amines) is 2. The van der Waals surface area contributed by atoms with E-state index in [0.29, 0.717) is 18.4 Å². The highest BCUT2D eigenvalue weighted by molar-refractivity contribution is 5.99. The molecule has 0 aromatic carbocycles. The standard InChI is InChI=1S/C22H31N3O3/c1-15-5-3-6-16(2)25(15)22(28)10-19(26)14-23-11-17-9-18(13-23)20-7-4-8-21(27)24(20)12-17/h4,7-8,15-18H,3,5-6,9-14H2,1-2H3. The second-order valence-electron chi connectivity index (χ2n) is 9.04. The van der Waals surface area contributed by atoms with Crippen LogP contribution in [0.4, 0.5) is 0 Å². The molecular formula is C22H31N3O3. The highest BCUT2D eigenvalue weighted by Crippen LogP contribution is 2.34. The topological polar surface area (TPSA) is 62.6 Å². The summed E-state index contributed by atoms with van der Waals surface area (Å²) in [6.07, 6.45) is 4.30. The summed E-state index contributed by atoms with van der Waals surface area (Å²) in [6.45, 7) is 6.86. The summed E-state index contributed by atoms with van der Waals surface area (Å²) in [6, 6.07) is 5.95. The van der Waals surface area contributed by atoms with Gasteiger partial charge >= 0.3 is 0 Å². The Balaban J connectivity index is 1.37. The van der Waals surface area contributed by atoms with Gasteiger partial charge in [-0.2, -0.15) is 0 Å². The zero-order chi connectivity index (χ0) is 19.8. The summed E-state index contributed by atoms with van der Waals surface area (Å²) in [4.78, 5) is 41.6. The number of rotatable bonds is 4. The number of hydrogen-bond donors (Lipinski definition) is 0. The summed E-state index contributed by atoms with van der Waals surface area (Å²) >= 11 is 0. The molecule has 1 amide bonds. The van der Waals surface area contributed by atoms with E-state index in [4.69, 9.17) is 0 Å². The lowest BCUT2D eigenvalue weighted by molar-refractivity contribution is -0.140. The van der Waals surface area contributed by atoms with Gasteiger partial charge in [0.1, 0.15) is 0 Å². The number of Topliss-reactive ketones (excluding diaryl/α,β-unsaturated/α-hetero) is 1. The SMILES string of the molecule is CC1CCCC(C)N1C(=O)CC(=O)CN1CC2CC(C1)c1cccc(=O)n1C2. The van der Waals surface area contributed by atoms with Gasteiger partial charge in [-0.25, -0.2) is 0 Å². The van der Waals surface area contributed by atoms with Crippen LogP contribution in [-0.2, 0) is 16.1 Å². The second-order valence-corrected chi connectivity index (χ2v) is 9.04. The van der Waals surface area contributed by atoms with E-state index < -0.39 is 0 Å². The van der Waals surface area contributed by atoms with Crippen LogP contribution >= 0.6 is 0 Å². The Bertz CT molecular complexity index is 807. The number of carbonyl (C=O) groups excluding carboxylic acids is 2. The number of aromatic nitrogens is 1. The van der Waals surface area contributed by atoms with Crippen molar-refractivity contribution in [2.75, 3.05) is 19.6 Å². The van der Waals surface area contributed by atoms with Crippen LogP contribution in [-0.4, -0.2) is 57.8 Å². The molecule has 2 bridgehead atoms. The number of nitrogens with zero attached hydrogens (tertiary/aromatic N) is 3. The molecule has 0 spiro atoms. The van der Waals surface area contributed by atoms with Crippen LogP contribution in [0.1, 0.15) is 57.6 Å². The Labute approximate surface area is 166 Å². The summed E-state index contributed by atoms with van der Waals surface area (Å²) in [5.74, 6) is 0.697. The van der Waals surface area contributed by atoms with E-state index in [-0.39, 0.29) is 35.8 Å². The van der Waals surface area contributed by atoms with Crippen LogP contribution in [0.15, 0.2) is 23.0 Å². The average Bonchev–Trinajstić information content (AvgIpc) is 2.62. The monoisotopic (exact) mass is 385 g/mol. The second kappa shape index (κ2) is 7.82. The first-order valence-electron chi connectivity index (χ1n) is 10.7. The van der Waals surface area contributed by atoms with Gasteiger partial charge in [-0.05, 0) is 51.5 Å². The van der Waals surface area contributed by atoms with Crippen molar-refractivity contribution in [3.63, 3.8) is 0 Å². The molecule has 4 heterocycles. The number of carbonyl (C=O) groups is 2. The van der Waals surface area contributed by atoms with Crippen molar-refractivity contribution in [1.82, 2.24) is 14.4 Å². The molecule has 28 heavy (non-hydrogen) atoms. The van der Waals surface area contributed by atoms with Crippen molar-refractivity contribution in [1.29, 1.82) is 0 Å². The minimum atomic E-state index is -0.0150. The molecular weight excluding hydrogens is 354 g/mol. The third kappa shape index (κ3) is 3.79. The van der Waals surface area contributed by atoms with Crippen LogP contribution in [0.5, 0.6) is 0 Å². The summed E-state index contributed by atoms with van der Waals surface area (Å²) in [5, 5.41) is 0. The first-order valence-corrected chi connectivity index (χ1v) is 10.7. The highest BCUT2D eigenvalue weighted by Gasteiger charge is 2.35. The minimum absolute atomic E-state index is 0.0105. The number of piperidine rings is 2. The minimum Gasteiger partial charge on any atom is -0.337 e. The van der Waals surface area contributed by atoms with E-state index in [1.807, 2.05) is 21.6 Å². The Morgan fingerprint density at radius 1 is 1.07 bits per heavy atom. The van der Waals surface area contributed by atoms with Gasteiger partial charge < -0.3 is 9.47 Å². The third-order valence-corrected chi connectivity index (χ3v) is 6.79. The Morgan fingerprint density at radius 3 is 2.57 bits per heavy atom. The van der Waals surface area contributed by atoms with Crippen molar-refractivity contribution >= 4 is 11.7 Å². The van der Waals surface area contributed by atoms with E-state index in [1.54, 1.807) is 6.07 Å². The largest absolute Gasteiger partial charge is 0.337 e. The number of ketones is 1. The van der Waals surface area contributed by atoms with Gasteiger partial charge in [0.15, 0.2) is 5.78 Å². The lowest BCUT2D eigenvalue weighted by Gasteiger charge is -2.42. The maximum atomic E-state index is 12.7. The fraction of sp³-hybridized carbons (Fsp3) is 0.682. The molecule has 6 nitrogen and oxygen atoms in total. The molecule has 0 aliphatic carbocycles. The Kier molecular flexibility index (Phi) is 5.41. The van der Waals surface area contributed by atoms with Crippen LogP contribution in [0.3, 0.4) is 0 Å². The quantitative estimate of drug-likeness (QED) is 0.744. The maximum Gasteiger partial charge on any atom is 0.250 e. The first kappa shape index (κ1) is 19.4. The predicted octanol–water partition coefficient (Wildman–Crippen LogP) is 2.02. The molecule has 1 aromatic heterocycles. The maximum absolute atomic E-state index is 12.7. The van der Waals surface area contributed by atoms with E-state index in [2.05, 4.69) is 18.7 Å². The van der Waals surface area contributed by atoms with Crippen molar-refractivity contribution in [2.45, 2.75) is 70.5 Å². The summed E-state index contributed by atoms with van der Waals surface area (Å²) < 4.78 is 1.90. The lowest BCUT2D eigenvalue weighted by atomic mass is 9.83. The van der Waals surface area contributed by atoms with Gasteiger partial charge in [-0.1, -0.05) is 6.07 Å². The first-order chi connectivity index (χ1) is 13.4. The number of pyridine rings is 1. The molecule has 1 aromatic rings. The van der Waals surface area contributed by atoms with Crippen molar-refractivity contribution in [3.05, 3.63) is 34.2 Å². The molecule has 4 rings (SSSR count). The smallest absolute Gasteiger partial charge is 0.250 e. The zero-order valence-corrected chi connectivity index (χ0v) is 17.0. The van der Waals surface area contributed by atoms with E-state index in [9.17, 15) is 14.4 Å². The zero-order valence-electron chi connectivity index (χ0n) is 17.0. The van der Waals surface area contributed by atoms with Gasteiger partial charge in [0.25, 0.3) is 5.56 Å². The van der Waals surface area contributed by atoms with Gasteiger partial charge in [0.05, 0.1) is 13.0 Å². The normalized spacial score (nSPS) is 30.0. The number of fused-ring (bicyclic) bond motifs is 4. The van der Waals surface area contributed by atoms with Gasteiger partial charge in [0, 0.05) is 49.4 Å². The molecule has 4 atom stereocenters. The molecule has 3 aliphatic rings. The van der Waals surface area contributed by atoms with Gasteiger partial charge in [-0.15, -0.1) is 0 Å². The summed E-state index contributed by atoms with van der Waals surface area (Å²) in [5.41, 5.74) is 1.17. The van der Waals surface area contributed by atoms with Crippen molar-refractivity contribution in [3.8, 4) is 0 Å². The Morgan fingerprint density at radius 2 is 1.82 bits per heavy atom. The van der Waals surface area contributed by atoms with Crippen LogP contribution in [0.2, 0.25) is 0 Å². The molecule has 0 N–H and O–H groups in total. The van der Waals surface area contributed by atoms with Crippen LogP contribution in [0.25, 0.3) is 0 Å². The van der Waals surface area contributed by atoms with E-state index in [1.165, 1.54) is 0 Å². The molecule has 2 fully saturated rings. The van der Waals surface area contributed by atoms with Crippen LogP contribution in [0, 0.1) is 5.92 Å². The number of hydrogen-bond acceptors (Lipinski definition) is 4. The highest BCUT2D eigenvalue weighted by atomic mass is 16.2. The van der Waals surface area contributed by atoms with Gasteiger partial charge in [0.2, 0.25) is 5.91 Å². The molecule has 2 saturated heterocycles. The van der Waals surface area contributed by atoms with Gasteiger partial charge in [-0.3, -0.25) is 19.3 Å².